The number of carbonyl (C=O) groups excluding carboxylic acids is 1. The third-order valence-corrected chi connectivity index (χ3v) is 6.52. The minimum Gasteiger partial charge on any atom is -0.493 e. The van der Waals surface area contributed by atoms with Crippen LogP contribution in [0.2, 0.25) is 0 Å². The Hall–Kier alpha value is -2.76. The van der Waals surface area contributed by atoms with Crippen LogP contribution < -0.4 is 14.2 Å². The van der Waals surface area contributed by atoms with Gasteiger partial charge in [-0.25, -0.2) is 17.8 Å². The molecule has 1 heterocycles. The Kier molecular flexibility index (Phi) is 6.85. The molecule has 3 aromatic rings. The number of nitrogens with zero attached hydrogens (tertiary/aromatic N) is 3. The first-order valence-electron chi connectivity index (χ1n) is 8.72. The molecule has 2 aromatic carbocycles. The van der Waals surface area contributed by atoms with Crippen molar-refractivity contribution in [3.05, 3.63) is 64.4 Å². The van der Waals surface area contributed by atoms with Crippen molar-refractivity contribution in [3.8, 4) is 11.5 Å². The lowest BCUT2D eigenvalue weighted by Crippen LogP contribution is -2.24. The monoisotopic (exact) mass is 494 g/mol. The van der Waals surface area contributed by atoms with E-state index in [-0.39, 0.29) is 29.5 Å². The number of nitrogens with one attached hydrogen (secondary N) is 1. The lowest BCUT2D eigenvalue weighted by Gasteiger charge is -2.12. The van der Waals surface area contributed by atoms with Crippen LogP contribution >= 0.6 is 15.9 Å². The molecule has 11 heteroatoms. The van der Waals surface area contributed by atoms with Crippen LogP contribution in [0.4, 0.5) is 0 Å². The number of ketones is 1. The maximum absolute atomic E-state index is 12.7. The molecular formula is C19H19BrN4O5S. The van der Waals surface area contributed by atoms with Crippen LogP contribution in [0.25, 0.3) is 0 Å². The molecule has 0 aliphatic carbocycles. The van der Waals surface area contributed by atoms with Gasteiger partial charge in [0, 0.05) is 16.1 Å². The summed E-state index contributed by atoms with van der Waals surface area (Å²) in [5.74, 6) is 0.558. The van der Waals surface area contributed by atoms with Gasteiger partial charge in [-0.2, -0.15) is 0 Å². The first-order chi connectivity index (χ1) is 14.3. The number of ether oxygens (including phenoxy) is 2. The van der Waals surface area contributed by atoms with Gasteiger partial charge in [-0.1, -0.05) is 35.5 Å². The summed E-state index contributed by atoms with van der Waals surface area (Å²) in [5, 5.41) is 7.81. The molecule has 1 aromatic heterocycles. The van der Waals surface area contributed by atoms with Crippen LogP contribution in [-0.2, 0) is 23.1 Å². The molecule has 9 nitrogen and oxygen atoms in total. The standard InChI is InChI=1S/C19H19BrN4O5S/c1-28-17-8-15(20)19(9-18(17)29-2)30(26,27)21-10-14-11-24(23-22-14)12-16(25)13-6-4-3-5-7-13/h3-9,11,21H,10,12H2,1-2H3. The van der Waals surface area contributed by atoms with E-state index in [0.29, 0.717) is 21.5 Å². The quantitative estimate of drug-likeness (QED) is 0.454. The van der Waals surface area contributed by atoms with Crippen LogP contribution in [0.1, 0.15) is 16.1 Å². The lowest BCUT2D eigenvalue weighted by atomic mass is 10.1. The third kappa shape index (κ3) is 5.04. The lowest BCUT2D eigenvalue weighted by molar-refractivity contribution is 0.0967. The molecular weight excluding hydrogens is 476 g/mol. The highest BCUT2D eigenvalue weighted by atomic mass is 79.9. The number of aromatic nitrogens is 3. The zero-order valence-corrected chi connectivity index (χ0v) is 18.6. The Morgan fingerprint density at radius 1 is 1.13 bits per heavy atom. The Morgan fingerprint density at radius 3 is 2.47 bits per heavy atom. The second-order valence-corrected chi connectivity index (χ2v) is 8.75. The Bertz CT molecular complexity index is 1150. The maximum Gasteiger partial charge on any atom is 0.242 e. The van der Waals surface area contributed by atoms with Crippen molar-refractivity contribution in [3.63, 3.8) is 0 Å². The third-order valence-electron chi connectivity index (χ3n) is 4.16. The summed E-state index contributed by atoms with van der Waals surface area (Å²) in [6, 6.07) is 11.7. The number of hydrogen-bond acceptors (Lipinski definition) is 7. The van der Waals surface area contributed by atoms with Gasteiger partial charge in [0.1, 0.15) is 11.4 Å². The normalized spacial score (nSPS) is 11.3. The number of rotatable bonds is 9. The van der Waals surface area contributed by atoms with Crippen molar-refractivity contribution in [2.45, 2.75) is 18.0 Å². The highest BCUT2D eigenvalue weighted by molar-refractivity contribution is 9.10. The molecule has 158 valence electrons. The fourth-order valence-electron chi connectivity index (χ4n) is 2.65. The topological polar surface area (TPSA) is 112 Å². The van der Waals surface area contributed by atoms with E-state index in [9.17, 15) is 13.2 Å². The van der Waals surface area contributed by atoms with Crippen molar-refractivity contribution >= 4 is 31.7 Å². The van der Waals surface area contributed by atoms with Crippen molar-refractivity contribution < 1.29 is 22.7 Å². The molecule has 0 amide bonds. The SMILES string of the molecule is COc1cc(Br)c(S(=O)(=O)NCc2cn(CC(=O)c3ccccc3)nn2)cc1OC. The second kappa shape index (κ2) is 9.37. The van der Waals surface area contributed by atoms with Gasteiger partial charge >= 0.3 is 0 Å². The predicted molar refractivity (Wildman–Crippen MR) is 112 cm³/mol. The Balaban J connectivity index is 1.69. The van der Waals surface area contributed by atoms with Gasteiger partial charge < -0.3 is 9.47 Å². The fourth-order valence-corrected chi connectivity index (χ4v) is 4.68. The molecule has 0 unspecified atom stereocenters. The van der Waals surface area contributed by atoms with Crippen LogP contribution in [-0.4, -0.2) is 43.4 Å². The predicted octanol–water partition coefficient (Wildman–Crippen LogP) is 2.42. The number of methoxy groups -OCH3 is 2. The number of Topliss-reactive ketones (excluding diaryl/α,β-unsaturated/α-hetero) is 1. The van der Waals surface area contributed by atoms with E-state index < -0.39 is 10.0 Å². The summed E-state index contributed by atoms with van der Waals surface area (Å²) < 4.78 is 39.9. The summed E-state index contributed by atoms with van der Waals surface area (Å²) >= 11 is 3.24. The van der Waals surface area contributed by atoms with Gasteiger partial charge in [0.15, 0.2) is 17.3 Å². The van der Waals surface area contributed by atoms with Crippen LogP contribution in [0, 0.1) is 0 Å². The second-order valence-electron chi connectivity index (χ2n) is 6.16. The van der Waals surface area contributed by atoms with Gasteiger partial charge in [0.05, 0.1) is 32.7 Å². The van der Waals surface area contributed by atoms with E-state index >= 15 is 0 Å². The molecule has 0 atom stereocenters. The highest BCUT2D eigenvalue weighted by Crippen LogP contribution is 2.35. The zero-order chi connectivity index (χ0) is 21.7. The molecule has 0 saturated carbocycles. The van der Waals surface area contributed by atoms with E-state index in [0.717, 1.165) is 0 Å². The number of halogens is 1. The smallest absolute Gasteiger partial charge is 0.242 e. The average Bonchev–Trinajstić information content (AvgIpc) is 3.20. The first kappa shape index (κ1) is 21.9. The van der Waals surface area contributed by atoms with Gasteiger partial charge in [-0.3, -0.25) is 4.79 Å². The summed E-state index contributed by atoms with van der Waals surface area (Å²) in [6.45, 7) is -0.0896. The molecule has 0 aliphatic rings. The first-order valence-corrected chi connectivity index (χ1v) is 11.0. The Morgan fingerprint density at radius 2 is 1.80 bits per heavy atom. The number of hydrogen-bond donors (Lipinski definition) is 1. The minimum atomic E-state index is -3.88. The number of carbonyl (C=O) groups is 1. The molecule has 0 radical (unpaired) electrons. The van der Waals surface area contributed by atoms with Gasteiger partial charge in [-0.05, 0) is 22.0 Å². The molecule has 0 saturated heterocycles. The summed E-state index contributed by atoms with van der Waals surface area (Å²) in [6.07, 6.45) is 1.52. The Labute approximate surface area is 182 Å². The fraction of sp³-hybridized carbons (Fsp3) is 0.211. The van der Waals surface area contributed by atoms with E-state index in [1.165, 1.54) is 37.2 Å². The van der Waals surface area contributed by atoms with Crippen LogP contribution in [0.5, 0.6) is 11.5 Å². The van der Waals surface area contributed by atoms with Crippen LogP contribution in [0.15, 0.2) is 58.0 Å². The molecule has 0 bridgehead atoms. The van der Waals surface area contributed by atoms with E-state index in [1.807, 2.05) is 6.07 Å². The number of sulfonamides is 1. The van der Waals surface area contributed by atoms with Gasteiger partial charge in [0.2, 0.25) is 10.0 Å². The molecule has 3 rings (SSSR count). The summed E-state index contributed by atoms with van der Waals surface area (Å²) in [5.41, 5.74) is 0.935. The zero-order valence-electron chi connectivity index (χ0n) is 16.2. The molecule has 1 N–H and O–H groups in total. The summed E-state index contributed by atoms with van der Waals surface area (Å²) in [7, 11) is -0.998. The van der Waals surface area contributed by atoms with Crippen molar-refractivity contribution in [2.24, 2.45) is 0 Å². The van der Waals surface area contributed by atoms with Crippen molar-refractivity contribution in [1.82, 2.24) is 19.7 Å². The highest BCUT2D eigenvalue weighted by Gasteiger charge is 2.21. The number of benzene rings is 2. The van der Waals surface area contributed by atoms with E-state index in [1.54, 1.807) is 24.3 Å². The molecule has 0 aliphatic heterocycles. The minimum absolute atomic E-state index is 0.00495. The maximum atomic E-state index is 12.7. The van der Waals surface area contributed by atoms with E-state index in [2.05, 4.69) is 31.0 Å². The van der Waals surface area contributed by atoms with Crippen molar-refractivity contribution in [2.75, 3.05) is 14.2 Å². The average molecular weight is 495 g/mol. The molecule has 0 spiro atoms. The van der Waals surface area contributed by atoms with Crippen molar-refractivity contribution in [1.29, 1.82) is 0 Å². The van der Waals surface area contributed by atoms with Gasteiger partial charge in [0.25, 0.3) is 0 Å². The van der Waals surface area contributed by atoms with E-state index in [4.69, 9.17) is 9.47 Å². The summed E-state index contributed by atoms with van der Waals surface area (Å²) in [4.78, 5) is 12.2. The van der Waals surface area contributed by atoms with Gasteiger partial charge in [-0.15, -0.1) is 5.10 Å². The van der Waals surface area contributed by atoms with Crippen LogP contribution in [0.3, 0.4) is 0 Å². The molecule has 0 fully saturated rings. The largest absolute Gasteiger partial charge is 0.493 e. The molecule has 30 heavy (non-hydrogen) atoms.